The molecule has 0 aliphatic rings. The van der Waals surface area contributed by atoms with Crippen LogP contribution in [0.1, 0.15) is 23.6 Å². The van der Waals surface area contributed by atoms with Crippen LogP contribution in [-0.4, -0.2) is 20.9 Å². The van der Waals surface area contributed by atoms with Crippen LogP contribution >= 0.6 is 11.6 Å². The van der Waals surface area contributed by atoms with Crippen LogP contribution in [0.2, 0.25) is 5.02 Å². The highest BCUT2D eigenvalue weighted by Crippen LogP contribution is 2.25. The fourth-order valence-corrected chi connectivity index (χ4v) is 4.69. The predicted molar refractivity (Wildman–Crippen MR) is 126 cm³/mol. The van der Waals surface area contributed by atoms with E-state index in [1.165, 1.54) is 0 Å². The summed E-state index contributed by atoms with van der Waals surface area (Å²) in [6.45, 7) is 5.39. The van der Waals surface area contributed by atoms with Gasteiger partial charge in [0, 0.05) is 10.7 Å². The Morgan fingerprint density at radius 2 is 1.61 bits per heavy atom. The number of halogens is 1. The van der Waals surface area contributed by atoms with Gasteiger partial charge in [0.25, 0.3) is 10.0 Å². The summed E-state index contributed by atoms with van der Waals surface area (Å²) in [5.41, 5.74) is 3.84. The average molecular weight is 457 g/mol. The van der Waals surface area contributed by atoms with Crippen LogP contribution in [-0.2, 0) is 21.2 Å². The highest BCUT2D eigenvalue weighted by atomic mass is 35.5. The molecule has 0 aliphatic heterocycles. The van der Waals surface area contributed by atoms with E-state index in [1.807, 2.05) is 32.9 Å². The van der Waals surface area contributed by atoms with Crippen molar-refractivity contribution in [1.29, 1.82) is 0 Å². The summed E-state index contributed by atoms with van der Waals surface area (Å²) < 4.78 is 28.0. The number of benzene rings is 3. The summed E-state index contributed by atoms with van der Waals surface area (Å²) in [7, 11) is -3.95. The number of carbonyl (C=O) groups excluding carboxylic acids is 1. The maximum absolute atomic E-state index is 13.4. The monoisotopic (exact) mass is 456 g/mol. The Morgan fingerprint density at radius 3 is 2.23 bits per heavy atom. The van der Waals surface area contributed by atoms with E-state index in [0.717, 1.165) is 27.4 Å². The lowest BCUT2D eigenvalue weighted by molar-refractivity contribution is -0.114. The minimum atomic E-state index is -3.95. The van der Waals surface area contributed by atoms with E-state index in [9.17, 15) is 13.2 Å². The van der Waals surface area contributed by atoms with Gasteiger partial charge in [0.1, 0.15) is 6.54 Å². The van der Waals surface area contributed by atoms with Crippen molar-refractivity contribution in [2.45, 2.75) is 32.1 Å². The predicted octanol–water partition coefficient (Wildman–Crippen LogP) is 5.35. The topological polar surface area (TPSA) is 66.5 Å². The van der Waals surface area contributed by atoms with Gasteiger partial charge in [0.05, 0.1) is 10.6 Å². The first-order chi connectivity index (χ1) is 14.7. The summed E-state index contributed by atoms with van der Waals surface area (Å²) in [6.07, 6.45) is 0.833. The minimum absolute atomic E-state index is 0.129. The first-order valence-corrected chi connectivity index (χ1v) is 11.8. The third kappa shape index (κ3) is 5.46. The second-order valence-electron chi connectivity index (χ2n) is 7.35. The molecule has 3 rings (SSSR count). The molecule has 0 unspecified atom stereocenters. The summed E-state index contributed by atoms with van der Waals surface area (Å²) in [5.74, 6) is -0.458. The summed E-state index contributed by atoms with van der Waals surface area (Å²) in [5, 5.41) is 3.26. The normalized spacial score (nSPS) is 11.2. The standard InChI is InChI=1S/C24H25ClN2O3S/c1-4-19-8-11-21(12-9-19)27(31(29,30)22-13-5-17(2)6-14-22)16-24(28)26-23-15-20(25)10-7-18(23)3/h5-15H,4,16H2,1-3H3,(H,26,28). The zero-order valence-corrected chi connectivity index (χ0v) is 19.3. The number of rotatable bonds is 7. The molecule has 0 bridgehead atoms. The number of sulfonamides is 1. The molecule has 3 aromatic carbocycles. The summed E-state index contributed by atoms with van der Waals surface area (Å²) in [4.78, 5) is 13.0. The second kappa shape index (κ2) is 9.54. The SMILES string of the molecule is CCc1ccc(N(CC(=O)Nc2cc(Cl)ccc2C)S(=O)(=O)c2ccc(C)cc2)cc1. The van der Waals surface area contributed by atoms with E-state index in [2.05, 4.69) is 5.32 Å². The van der Waals surface area contributed by atoms with Crippen molar-refractivity contribution in [3.8, 4) is 0 Å². The molecule has 1 amide bonds. The molecule has 1 N–H and O–H groups in total. The molecule has 0 fully saturated rings. The van der Waals surface area contributed by atoms with Crippen molar-refractivity contribution in [3.63, 3.8) is 0 Å². The van der Waals surface area contributed by atoms with Crippen LogP contribution in [0.15, 0.2) is 71.6 Å². The molecule has 0 aromatic heterocycles. The largest absolute Gasteiger partial charge is 0.324 e. The molecular formula is C24H25ClN2O3S. The van der Waals surface area contributed by atoms with Gasteiger partial charge in [0.2, 0.25) is 5.91 Å². The van der Waals surface area contributed by atoms with Gasteiger partial charge >= 0.3 is 0 Å². The third-order valence-corrected chi connectivity index (χ3v) is 7.03. The highest BCUT2D eigenvalue weighted by molar-refractivity contribution is 7.92. The molecule has 5 nitrogen and oxygen atoms in total. The second-order valence-corrected chi connectivity index (χ2v) is 9.65. The number of amides is 1. The lowest BCUT2D eigenvalue weighted by atomic mass is 10.1. The Hall–Kier alpha value is -2.83. The van der Waals surface area contributed by atoms with Crippen molar-refractivity contribution < 1.29 is 13.2 Å². The highest BCUT2D eigenvalue weighted by Gasteiger charge is 2.27. The van der Waals surface area contributed by atoms with E-state index in [4.69, 9.17) is 11.6 Å². The molecule has 0 radical (unpaired) electrons. The van der Waals surface area contributed by atoms with Crippen LogP contribution in [0, 0.1) is 13.8 Å². The molecule has 7 heteroatoms. The van der Waals surface area contributed by atoms with Gasteiger partial charge in [-0.25, -0.2) is 8.42 Å². The Balaban J connectivity index is 1.96. The van der Waals surface area contributed by atoms with E-state index in [-0.39, 0.29) is 11.4 Å². The summed E-state index contributed by atoms with van der Waals surface area (Å²) >= 11 is 6.04. The zero-order chi connectivity index (χ0) is 22.6. The summed E-state index contributed by atoms with van der Waals surface area (Å²) in [6, 6.07) is 18.9. The maximum atomic E-state index is 13.4. The average Bonchev–Trinajstić information content (AvgIpc) is 2.75. The number of carbonyl (C=O) groups is 1. The van der Waals surface area contributed by atoms with Crippen molar-refractivity contribution in [2.24, 2.45) is 0 Å². The van der Waals surface area contributed by atoms with Crippen LogP contribution in [0.4, 0.5) is 11.4 Å². The molecule has 0 aliphatic carbocycles. The smallest absolute Gasteiger partial charge is 0.264 e. The van der Waals surface area contributed by atoms with E-state index in [1.54, 1.807) is 54.6 Å². The molecule has 0 saturated heterocycles. The van der Waals surface area contributed by atoms with E-state index >= 15 is 0 Å². The first kappa shape index (κ1) is 22.8. The molecule has 0 saturated carbocycles. The number of aryl methyl sites for hydroxylation is 3. The van der Waals surface area contributed by atoms with E-state index < -0.39 is 15.9 Å². The molecule has 0 spiro atoms. The van der Waals surface area contributed by atoms with Crippen LogP contribution < -0.4 is 9.62 Å². The van der Waals surface area contributed by atoms with Crippen molar-refractivity contribution in [3.05, 3.63) is 88.4 Å². The number of hydrogen-bond donors (Lipinski definition) is 1. The maximum Gasteiger partial charge on any atom is 0.264 e. The first-order valence-electron chi connectivity index (χ1n) is 9.95. The molecule has 3 aromatic rings. The van der Waals surface area contributed by atoms with Crippen LogP contribution in [0.5, 0.6) is 0 Å². The van der Waals surface area contributed by atoms with E-state index in [0.29, 0.717) is 16.4 Å². The fourth-order valence-electron chi connectivity index (χ4n) is 3.10. The number of hydrogen-bond acceptors (Lipinski definition) is 3. The Kier molecular flexibility index (Phi) is 7.03. The molecule has 31 heavy (non-hydrogen) atoms. The van der Waals surface area contributed by atoms with Gasteiger partial charge in [-0.05, 0) is 67.8 Å². The van der Waals surface area contributed by atoms with Gasteiger partial charge in [-0.1, -0.05) is 54.4 Å². The van der Waals surface area contributed by atoms with Crippen molar-refractivity contribution in [2.75, 3.05) is 16.2 Å². The molecule has 162 valence electrons. The van der Waals surface area contributed by atoms with Gasteiger partial charge in [-0.15, -0.1) is 0 Å². The van der Waals surface area contributed by atoms with Gasteiger partial charge in [0.15, 0.2) is 0 Å². The quantitative estimate of drug-likeness (QED) is 0.520. The van der Waals surface area contributed by atoms with Crippen molar-refractivity contribution >= 4 is 38.9 Å². The number of anilines is 2. The van der Waals surface area contributed by atoms with Gasteiger partial charge in [-0.3, -0.25) is 9.10 Å². The van der Waals surface area contributed by atoms with Gasteiger partial charge < -0.3 is 5.32 Å². The number of nitrogens with one attached hydrogen (secondary N) is 1. The third-order valence-electron chi connectivity index (χ3n) is 5.00. The van der Waals surface area contributed by atoms with Gasteiger partial charge in [-0.2, -0.15) is 0 Å². The number of nitrogens with zero attached hydrogens (tertiary/aromatic N) is 1. The van der Waals surface area contributed by atoms with Crippen molar-refractivity contribution in [1.82, 2.24) is 0 Å². The van der Waals surface area contributed by atoms with Crippen LogP contribution in [0.3, 0.4) is 0 Å². The molecular weight excluding hydrogens is 432 g/mol. The zero-order valence-electron chi connectivity index (χ0n) is 17.7. The molecule has 0 atom stereocenters. The molecule has 0 heterocycles. The van der Waals surface area contributed by atoms with Crippen LogP contribution in [0.25, 0.3) is 0 Å². The Labute approximate surface area is 188 Å². The fraction of sp³-hybridized carbons (Fsp3) is 0.208. The Morgan fingerprint density at radius 1 is 0.968 bits per heavy atom. The lowest BCUT2D eigenvalue weighted by Gasteiger charge is -2.24. The Bertz CT molecular complexity index is 1170. The lowest BCUT2D eigenvalue weighted by Crippen LogP contribution is -2.38. The minimum Gasteiger partial charge on any atom is -0.324 e.